The monoisotopic (exact) mass is 338 g/mol. The van der Waals surface area contributed by atoms with E-state index in [1.54, 1.807) is 49.4 Å². The zero-order chi connectivity index (χ0) is 18.4. The third-order valence-electron chi connectivity index (χ3n) is 3.58. The maximum absolute atomic E-state index is 12.3. The summed E-state index contributed by atoms with van der Waals surface area (Å²) in [6.45, 7) is 3.44. The number of aryl methyl sites for hydroxylation is 1. The Morgan fingerprint density at radius 3 is 2.44 bits per heavy atom. The van der Waals surface area contributed by atoms with Crippen LogP contribution >= 0.6 is 0 Å². The molecule has 128 valence electrons. The van der Waals surface area contributed by atoms with Gasteiger partial charge in [-0.25, -0.2) is 4.79 Å². The van der Waals surface area contributed by atoms with E-state index < -0.39 is 12.1 Å². The van der Waals surface area contributed by atoms with E-state index in [4.69, 9.17) is 10.00 Å². The molecule has 0 aliphatic carbocycles. The van der Waals surface area contributed by atoms with Crippen LogP contribution in [0.25, 0.3) is 0 Å². The lowest BCUT2D eigenvalue weighted by Crippen LogP contribution is -2.30. The number of ether oxygens (including phenoxy) is 2. The summed E-state index contributed by atoms with van der Waals surface area (Å²) in [6.07, 6.45) is -0.755. The van der Waals surface area contributed by atoms with Crippen LogP contribution in [-0.2, 0) is 9.53 Å². The minimum absolute atomic E-state index is 0.351. The van der Waals surface area contributed by atoms with Crippen LogP contribution in [0, 0.1) is 18.3 Å². The van der Waals surface area contributed by atoms with Crippen molar-refractivity contribution in [1.29, 1.82) is 5.26 Å². The average molecular weight is 338 g/mol. The second kappa shape index (κ2) is 7.97. The van der Waals surface area contributed by atoms with E-state index in [0.29, 0.717) is 22.6 Å². The summed E-state index contributed by atoms with van der Waals surface area (Å²) in [5.74, 6) is -0.339. The van der Waals surface area contributed by atoms with Crippen molar-refractivity contribution < 1.29 is 19.1 Å². The summed E-state index contributed by atoms with van der Waals surface area (Å²) in [4.78, 5) is 23.9. The average Bonchev–Trinajstić information content (AvgIpc) is 2.63. The van der Waals surface area contributed by atoms with Crippen molar-refractivity contribution in [3.8, 4) is 11.8 Å². The summed E-state index contributed by atoms with van der Waals surface area (Å²) >= 11 is 0. The van der Waals surface area contributed by atoms with Gasteiger partial charge in [0.2, 0.25) is 0 Å². The molecule has 1 amide bonds. The molecule has 0 aromatic heterocycles. The highest BCUT2D eigenvalue weighted by Gasteiger charge is 2.17. The Balaban J connectivity index is 2.07. The first-order valence-corrected chi connectivity index (χ1v) is 7.61. The van der Waals surface area contributed by atoms with Crippen molar-refractivity contribution in [2.45, 2.75) is 20.0 Å². The molecule has 0 aliphatic heterocycles. The van der Waals surface area contributed by atoms with E-state index >= 15 is 0 Å². The molecule has 1 atom stereocenters. The second-order valence-electron chi connectivity index (χ2n) is 5.41. The maximum Gasteiger partial charge on any atom is 0.337 e. The molecule has 2 rings (SSSR count). The van der Waals surface area contributed by atoms with Crippen LogP contribution in [0.4, 0.5) is 5.69 Å². The summed E-state index contributed by atoms with van der Waals surface area (Å²) < 4.78 is 10.3. The summed E-state index contributed by atoms with van der Waals surface area (Å²) in [7, 11) is 1.30. The third-order valence-corrected chi connectivity index (χ3v) is 3.58. The lowest BCUT2D eigenvalue weighted by Gasteiger charge is -2.16. The minimum atomic E-state index is -0.755. The Labute approximate surface area is 146 Å². The van der Waals surface area contributed by atoms with Crippen LogP contribution in [0.1, 0.15) is 28.4 Å². The summed E-state index contributed by atoms with van der Waals surface area (Å²) in [6, 6.07) is 13.4. The molecule has 0 spiro atoms. The first-order chi connectivity index (χ1) is 11.9. The molecule has 0 radical (unpaired) electrons. The molecule has 2 aromatic rings. The summed E-state index contributed by atoms with van der Waals surface area (Å²) in [5, 5.41) is 11.5. The zero-order valence-corrected chi connectivity index (χ0v) is 14.2. The Bertz CT molecular complexity index is 822. The fourth-order valence-corrected chi connectivity index (χ4v) is 2.10. The van der Waals surface area contributed by atoms with E-state index in [0.717, 1.165) is 5.56 Å². The van der Waals surface area contributed by atoms with Gasteiger partial charge in [0, 0.05) is 5.69 Å². The van der Waals surface area contributed by atoms with Crippen molar-refractivity contribution in [1.82, 2.24) is 0 Å². The third kappa shape index (κ3) is 4.58. The number of hydrogen-bond donors (Lipinski definition) is 1. The van der Waals surface area contributed by atoms with E-state index in [9.17, 15) is 9.59 Å². The van der Waals surface area contributed by atoms with Gasteiger partial charge in [-0.15, -0.1) is 0 Å². The number of nitrogens with zero attached hydrogens (tertiary/aromatic N) is 1. The van der Waals surface area contributed by atoms with Crippen LogP contribution in [0.5, 0.6) is 5.75 Å². The van der Waals surface area contributed by atoms with Gasteiger partial charge in [0.1, 0.15) is 5.75 Å². The zero-order valence-electron chi connectivity index (χ0n) is 14.2. The lowest BCUT2D eigenvalue weighted by atomic mass is 10.1. The number of carbonyl (C=O) groups excluding carboxylic acids is 2. The molecule has 1 N–H and O–H groups in total. The highest BCUT2D eigenvalue weighted by atomic mass is 16.5. The van der Waals surface area contributed by atoms with Crippen molar-refractivity contribution in [3.63, 3.8) is 0 Å². The first kappa shape index (κ1) is 18.0. The van der Waals surface area contributed by atoms with Gasteiger partial charge in [-0.3, -0.25) is 4.79 Å². The molecule has 25 heavy (non-hydrogen) atoms. The Morgan fingerprint density at radius 1 is 1.16 bits per heavy atom. The molecular weight excluding hydrogens is 320 g/mol. The number of methoxy groups -OCH3 is 1. The Kier molecular flexibility index (Phi) is 5.75. The van der Waals surface area contributed by atoms with Crippen molar-refractivity contribution in [3.05, 3.63) is 59.2 Å². The number of nitriles is 1. The van der Waals surface area contributed by atoms with E-state index in [1.165, 1.54) is 7.11 Å². The molecule has 2 aromatic carbocycles. The Hall–Kier alpha value is -3.33. The fourth-order valence-electron chi connectivity index (χ4n) is 2.10. The van der Waals surface area contributed by atoms with Gasteiger partial charge in [0.25, 0.3) is 5.91 Å². The number of nitrogens with one attached hydrogen (secondary N) is 1. The molecule has 6 nitrogen and oxygen atoms in total. The highest BCUT2D eigenvalue weighted by molar-refractivity contribution is 5.97. The van der Waals surface area contributed by atoms with Crippen LogP contribution in [0.3, 0.4) is 0 Å². The van der Waals surface area contributed by atoms with Gasteiger partial charge in [0.05, 0.1) is 24.3 Å². The van der Waals surface area contributed by atoms with E-state index in [1.807, 2.05) is 13.0 Å². The maximum atomic E-state index is 12.3. The molecule has 0 saturated carbocycles. The smallest absolute Gasteiger partial charge is 0.337 e. The fraction of sp³-hybridized carbons (Fsp3) is 0.211. The van der Waals surface area contributed by atoms with Gasteiger partial charge in [-0.05, 0) is 55.8 Å². The topological polar surface area (TPSA) is 88.4 Å². The van der Waals surface area contributed by atoms with Crippen molar-refractivity contribution in [2.24, 2.45) is 0 Å². The molecular formula is C19H18N2O4. The molecule has 0 fully saturated rings. The molecule has 0 bridgehead atoms. The predicted molar refractivity (Wildman–Crippen MR) is 92.4 cm³/mol. The second-order valence-corrected chi connectivity index (χ2v) is 5.41. The number of rotatable bonds is 5. The van der Waals surface area contributed by atoms with Gasteiger partial charge < -0.3 is 14.8 Å². The number of amides is 1. The van der Waals surface area contributed by atoms with Crippen LogP contribution < -0.4 is 10.1 Å². The SMILES string of the molecule is COC(=O)c1ccc(C)c(NC(=O)C(C)Oc2ccc(C#N)cc2)c1. The van der Waals surface area contributed by atoms with Crippen LogP contribution in [0.2, 0.25) is 0 Å². The van der Waals surface area contributed by atoms with Crippen molar-refractivity contribution >= 4 is 17.6 Å². The standard InChI is InChI=1S/C19H18N2O4/c1-12-4-7-15(19(23)24-3)10-17(12)21-18(22)13(2)25-16-8-5-14(11-20)6-9-16/h4-10,13H,1-3H3,(H,21,22). The van der Waals surface area contributed by atoms with Crippen molar-refractivity contribution in [2.75, 3.05) is 12.4 Å². The molecule has 0 saturated heterocycles. The van der Waals surface area contributed by atoms with Gasteiger partial charge in [-0.1, -0.05) is 6.07 Å². The van der Waals surface area contributed by atoms with Gasteiger partial charge in [-0.2, -0.15) is 5.26 Å². The molecule has 0 aliphatic rings. The molecule has 6 heteroatoms. The van der Waals surface area contributed by atoms with Crippen LogP contribution in [-0.4, -0.2) is 25.1 Å². The molecule has 0 heterocycles. The quantitative estimate of drug-likeness (QED) is 0.847. The lowest BCUT2D eigenvalue weighted by molar-refractivity contribution is -0.122. The normalized spacial score (nSPS) is 11.1. The van der Waals surface area contributed by atoms with E-state index in [-0.39, 0.29) is 5.91 Å². The van der Waals surface area contributed by atoms with Gasteiger partial charge in [0.15, 0.2) is 6.10 Å². The number of esters is 1. The predicted octanol–water partition coefficient (Wildman–Crippen LogP) is 3.06. The van der Waals surface area contributed by atoms with E-state index in [2.05, 4.69) is 10.1 Å². The Morgan fingerprint density at radius 2 is 1.84 bits per heavy atom. The number of hydrogen-bond acceptors (Lipinski definition) is 5. The summed E-state index contributed by atoms with van der Waals surface area (Å²) in [5.41, 5.74) is 2.19. The number of benzene rings is 2. The van der Waals surface area contributed by atoms with Gasteiger partial charge >= 0.3 is 5.97 Å². The number of carbonyl (C=O) groups is 2. The molecule has 1 unspecified atom stereocenters. The first-order valence-electron chi connectivity index (χ1n) is 7.61. The minimum Gasteiger partial charge on any atom is -0.481 e. The largest absolute Gasteiger partial charge is 0.481 e. The highest BCUT2D eigenvalue weighted by Crippen LogP contribution is 2.19. The number of anilines is 1. The van der Waals surface area contributed by atoms with Crippen LogP contribution in [0.15, 0.2) is 42.5 Å².